The van der Waals surface area contributed by atoms with Crippen LogP contribution in [0.25, 0.3) is 0 Å². The van der Waals surface area contributed by atoms with E-state index in [4.69, 9.17) is 9.47 Å². The minimum Gasteiger partial charge on any atom is -0.467 e. The Morgan fingerprint density at radius 2 is 1.93 bits per heavy atom. The second-order valence-corrected chi connectivity index (χ2v) is 8.03. The van der Waals surface area contributed by atoms with Gasteiger partial charge in [-0.2, -0.15) is 0 Å². The second-order valence-electron chi connectivity index (χ2n) is 8.03. The van der Waals surface area contributed by atoms with Crippen molar-refractivity contribution in [3.8, 4) is 0 Å². The number of hydrogen-bond donors (Lipinski definition) is 1. The third-order valence-corrected chi connectivity index (χ3v) is 6.45. The van der Waals surface area contributed by atoms with Gasteiger partial charge in [0.05, 0.1) is 25.2 Å². The number of methoxy groups -OCH3 is 2. The first-order valence-corrected chi connectivity index (χ1v) is 10.2. The van der Waals surface area contributed by atoms with Crippen molar-refractivity contribution in [2.24, 2.45) is 5.92 Å². The summed E-state index contributed by atoms with van der Waals surface area (Å²) in [5.41, 5.74) is 0.587. The molecule has 0 radical (unpaired) electrons. The molecule has 0 aromatic heterocycles. The van der Waals surface area contributed by atoms with Gasteiger partial charge in [-0.25, -0.2) is 4.79 Å². The standard InChI is InChI=1S/C22H30N2O5/c1-15(18(28-2)17-10-7-13-24(17)14-25)20(26)23-19(21(27)29-3)22(11-12-22)16-8-5-4-6-9-16/h4-6,8-9,14-15,17-19H,7,10-13H2,1-3H3,(H,23,26). The molecular weight excluding hydrogens is 372 g/mol. The Balaban J connectivity index is 1.78. The summed E-state index contributed by atoms with van der Waals surface area (Å²) in [7, 11) is 2.89. The lowest BCUT2D eigenvalue weighted by atomic mass is 9.87. The summed E-state index contributed by atoms with van der Waals surface area (Å²) in [5.74, 6) is -1.24. The minimum atomic E-state index is -0.756. The van der Waals surface area contributed by atoms with Crippen molar-refractivity contribution in [3.63, 3.8) is 0 Å². The first-order valence-electron chi connectivity index (χ1n) is 10.2. The predicted molar refractivity (Wildman–Crippen MR) is 107 cm³/mol. The molecule has 1 saturated carbocycles. The molecule has 29 heavy (non-hydrogen) atoms. The summed E-state index contributed by atoms with van der Waals surface area (Å²) < 4.78 is 10.6. The van der Waals surface area contributed by atoms with Crippen molar-refractivity contribution in [2.75, 3.05) is 20.8 Å². The van der Waals surface area contributed by atoms with Gasteiger partial charge in [-0.3, -0.25) is 9.59 Å². The van der Waals surface area contributed by atoms with E-state index in [0.29, 0.717) is 6.54 Å². The number of hydrogen-bond acceptors (Lipinski definition) is 5. The van der Waals surface area contributed by atoms with Crippen LogP contribution in [0.4, 0.5) is 0 Å². The summed E-state index contributed by atoms with van der Waals surface area (Å²) in [5, 5.41) is 2.94. The molecule has 1 aromatic carbocycles. The molecule has 4 atom stereocenters. The highest BCUT2D eigenvalue weighted by atomic mass is 16.5. The fourth-order valence-electron chi connectivity index (χ4n) is 4.61. The van der Waals surface area contributed by atoms with Crippen LogP contribution in [0.1, 0.15) is 38.2 Å². The number of likely N-dealkylation sites (tertiary alicyclic amines) is 1. The zero-order chi connectivity index (χ0) is 21.0. The van der Waals surface area contributed by atoms with E-state index in [1.807, 2.05) is 30.3 Å². The maximum Gasteiger partial charge on any atom is 0.329 e. The molecule has 2 aliphatic rings. The predicted octanol–water partition coefficient (Wildman–Crippen LogP) is 1.65. The molecule has 2 fully saturated rings. The zero-order valence-corrected chi connectivity index (χ0v) is 17.3. The van der Waals surface area contributed by atoms with Gasteiger partial charge in [-0.15, -0.1) is 0 Å². The van der Waals surface area contributed by atoms with Crippen molar-refractivity contribution < 1.29 is 23.9 Å². The summed E-state index contributed by atoms with van der Waals surface area (Å²) in [6.07, 6.45) is 3.68. The summed E-state index contributed by atoms with van der Waals surface area (Å²) in [6, 6.07) is 8.86. The second kappa shape index (κ2) is 8.95. The highest BCUT2D eigenvalue weighted by molar-refractivity contribution is 5.88. The Morgan fingerprint density at radius 1 is 1.24 bits per heavy atom. The van der Waals surface area contributed by atoms with Gasteiger partial charge in [0, 0.05) is 19.1 Å². The smallest absolute Gasteiger partial charge is 0.329 e. The lowest BCUT2D eigenvalue weighted by molar-refractivity contribution is -0.147. The van der Waals surface area contributed by atoms with Crippen LogP contribution >= 0.6 is 0 Å². The Kier molecular flexibility index (Phi) is 6.57. The average molecular weight is 402 g/mol. The third kappa shape index (κ3) is 4.15. The molecule has 1 aliphatic carbocycles. The molecule has 2 amide bonds. The number of carbonyl (C=O) groups excluding carboxylic acids is 3. The molecule has 158 valence electrons. The molecule has 3 rings (SSSR count). The van der Waals surface area contributed by atoms with Crippen molar-refractivity contribution in [2.45, 2.75) is 56.2 Å². The van der Waals surface area contributed by atoms with E-state index in [2.05, 4.69) is 5.32 Å². The largest absolute Gasteiger partial charge is 0.467 e. The van der Waals surface area contributed by atoms with Crippen LogP contribution in [0.3, 0.4) is 0 Å². The van der Waals surface area contributed by atoms with E-state index in [9.17, 15) is 14.4 Å². The number of esters is 1. The van der Waals surface area contributed by atoms with Gasteiger partial charge in [0.15, 0.2) is 0 Å². The van der Waals surface area contributed by atoms with Crippen LogP contribution in [0.15, 0.2) is 30.3 Å². The van der Waals surface area contributed by atoms with Crippen molar-refractivity contribution in [1.29, 1.82) is 0 Å². The number of nitrogens with one attached hydrogen (secondary N) is 1. The van der Waals surface area contributed by atoms with Crippen LogP contribution < -0.4 is 5.32 Å². The number of amides is 2. The van der Waals surface area contributed by atoms with Gasteiger partial charge in [-0.1, -0.05) is 37.3 Å². The lowest BCUT2D eigenvalue weighted by Gasteiger charge is -2.33. The van der Waals surface area contributed by atoms with Crippen molar-refractivity contribution in [1.82, 2.24) is 10.2 Å². The highest BCUT2D eigenvalue weighted by Gasteiger charge is 2.55. The molecule has 1 heterocycles. The third-order valence-electron chi connectivity index (χ3n) is 6.45. The van der Waals surface area contributed by atoms with Crippen LogP contribution in [0, 0.1) is 5.92 Å². The van der Waals surface area contributed by atoms with E-state index in [1.54, 1.807) is 18.9 Å². The molecular formula is C22H30N2O5. The van der Waals surface area contributed by atoms with E-state index >= 15 is 0 Å². The van der Waals surface area contributed by atoms with Crippen LogP contribution in [-0.2, 0) is 29.3 Å². The minimum absolute atomic E-state index is 0.140. The molecule has 0 spiro atoms. The van der Waals surface area contributed by atoms with Gasteiger partial charge in [-0.05, 0) is 31.2 Å². The number of rotatable bonds is 9. The lowest BCUT2D eigenvalue weighted by Crippen LogP contribution is -2.54. The van der Waals surface area contributed by atoms with Crippen molar-refractivity contribution >= 4 is 18.3 Å². The van der Waals surface area contributed by atoms with Crippen LogP contribution in [-0.4, -0.2) is 62.1 Å². The average Bonchev–Trinajstić information content (AvgIpc) is 3.43. The molecule has 0 bridgehead atoms. The Bertz CT molecular complexity index is 734. The molecule has 1 aromatic rings. The maximum absolute atomic E-state index is 13.1. The van der Waals surface area contributed by atoms with E-state index in [0.717, 1.165) is 37.7 Å². The van der Waals surface area contributed by atoms with E-state index < -0.39 is 29.4 Å². The first-order chi connectivity index (χ1) is 14.0. The fraction of sp³-hybridized carbons (Fsp3) is 0.591. The molecule has 7 heteroatoms. The van der Waals surface area contributed by atoms with Crippen LogP contribution in [0.5, 0.6) is 0 Å². The number of benzene rings is 1. The maximum atomic E-state index is 13.1. The molecule has 1 saturated heterocycles. The monoisotopic (exact) mass is 402 g/mol. The fourth-order valence-corrected chi connectivity index (χ4v) is 4.61. The number of carbonyl (C=O) groups is 3. The van der Waals surface area contributed by atoms with Gasteiger partial charge in [0.1, 0.15) is 6.04 Å². The molecule has 4 unspecified atom stereocenters. The van der Waals surface area contributed by atoms with E-state index in [1.165, 1.54) is 7.11 Å². The quantitative estimate of drug-likeness (QED) is 0.501. The van der Waals surface area contributed by atoms with Gasteiger partial charge < -0.3 is 19.7 Å². The van der Waals surface area contributed by atoms with Gasteiger partial charge >= 0.3 is 5.97 Å². The normalized spacial score (nSPS) is 23.0. The molecule has 7 nitrogen and oxygen atoms in total. The Hall–Kier alpha value is -2.41. The number of ether oxygens (including phenoxy) is 2. The zero-order valence-electron chi connectivity index (χ0n) is 17.3. The van der Waals surface area contributed by atoms with Crippen LogP contribution in [0.2, 0.25) is 0 Å². The molecule has 1 aliphatic heterocycles. The Labute approximate surface area is 171 Å². The summed E-state index contributed by atoms with van der Waals surface area (Å²) in [6.45, 7) is 2.45. The summed E-state index contributed by atoms with van der Waals surface area (Å²) >= 11 is 0. The topological polar surface area (TPSA) is 84.9 Å². The first kappa shape index (κ1) is 21.3. The van der Waals surface area contributed by atoms with E-state index in [-0.39, 0.29) is 11.9 Å². The van der Waals surface area contributed by atoms with Gasteiger partial charge in [0.2, 0.25) is 12.3 Å². The Morgan fingerprint density at radius 3 is 2.48 bits per heavy atom. The summed E-state index contributed by atoms with van der Waals surface area (Å²) in [4.78, 5) is 38.8. The highest BCUT2D eigenvalue weighted by Crippen LogP contribution is 2.51. The molecule has 1 N–H and O–H groups in total. The van der Waals surface area contributed by atoms with Gasteiger partial charge in [0.25, 0.3) is 0 Å². The number of nitrogens with zero attached hydrogens (tertiary/aromatic N) is 1. The SMILES string of the molecule is COC(=O)C(NC(=O)C(C)C(OC)C1CCCN1C=O)C1(c2ccccc2)CC1. The van der Waals surface area contributed by atoms with Crippen molar-refractivity contribution in [3.05, 3.63) is 35.9 Å².